The zero-order valence-electron chi connectivity index (χ0n) is 7.27. The highest BCUT2D eigenvalue weighted by molar-refractivity contribution is 4.86. The monoisotopic (exact) mass is 157 g/mol. The van der Waals surface area contributed by atoms with Crippen LogP contribution in [0.3, 0.4) is 0 Å². The Balaban J connectivity index is 2.47. The van der Waals surface area contributed by atoms with Gasteiger partial charge in [0.1, 0.15) is 0 Å². The molecule has 1 saturated carbocycles. The Morgan fingerprint density at radius 2 is 2.18 bits per heavy atom. The molecule has 0 heterocycles. The molecule has 2 unspecified atom stereocenters. The lowest BCUT2D eigenvalue weighted by molar-refractivity contribution is 0.357. The van der Waals surface area contributed by atoms with E-state index in [4.69, 9.17) is 11.6 Å². The van der Waals surface area contributed by atoms with Crippen LogP contribution in [0.2, 0.25) is 0 Å². The number of hydrogen-bond donors (Lipinski definition) is 3. The number of hydrogen-bond acceptors (Lipinski definition) is 3. The summed E-state index contributed by atoms with van der Waals surface area (Å²) in [6, 6.07) is 0.424. The van der Waals surface area contributed by atoms with Gasteiger partial charge in [0.2, 0.25) is 0 Å². The smallest absolute Gasteiger partial charge is 0.0227 e. The van der Waals surface area contributed by atoms with Crippen LogP contribution in [0.4, 0.5) is 0 Å². The molecule has 0 saturated heterocycles. The van der Waals surface area contributed by atoms with Crippen molar-refractivity contribution in [3.8, 4) is 0 Å². The lowest BCUT2D eigenvalue weighted by Gasteiger charge is -2.25. The fourth-order valence-electron chi connectivity index (χ4n) is 1.83. The Kier molecular flexibility index (Phi) is 2.87. The van der Waals surface area contributed by atoms with Crippen molar-refractivity contribution in [2.24, 2.45) is 11.6 Å². The fraction of sp³-hybridized carbons (Fsp3) is 1.00. The molecule has 3 heteroatoms. The topological polar surface area (TPSA) is 64.1 Å². The van der Waals surface area contributed by atoms with Gasteiger partial charge >= 0.3 is 0 Å². The highest BCUT2D eigenvalue weighted by Gasteiger charge is 2.25. The van der Waals surface area contributed by atoms with E-state index in [0.29, 0.717) is 6.04 Å². The molecule has 1 aliphatic carbocycles. The Bertz CT molecular complexity index is 123. The SMILES string of the molecule is CC1(N)CCCCC(NN)C1. The Hall–Kier alpha value is -0.120. The summed E-state index contributed by atoms with van der Waals surface area (Å²) >= 11 is 0. The van der Waals surface area contributed by atoms with Crippen LogP contribution in [0.15, 0.2) is 0 Å². The van der Waals surface area contributed by atoms with Crippen LogP contribution in [-0.4, -0.2) is 11.6 Å². The predicted octanol–water partition coefficient (Wildman–Crippen LogP) is 0.500. The molecule has 5 N–H and O–H groups in total. The molecule has 0 aliphatic heterocycles. The maximum atomic E-state index is 6.05. The lowest BCUT2D eigenvalue weighted by atomic mass is 9.92. The summed E-state index contributed by atoms with van der Waals surface area (Å²) in [6.45, 7) is 2.11. The average Bonchev–Trinajstić information content (AvgIpc) is 2.10. The predicted molar refractivity (Wildman–Crippen MR) is 46.8 cm³/mol. The Morgan fingerprint density at radius 3 is 2.82 bits per heavy atom. The van der Waals surface area contributed by atoms with Crippen LogP contribution >= 0.6 is 0 Å². The molecule has 1 rings (SSSR count). The third kappa shape index (κ3) is 2.77. The first kappa shape index (κ1) is 8.97. The van der Waals surface area contributed by atoms with E-state index < -0.39 is 0 Å². The Labute approximate surface area is 68.5 Å². The molecule has 2 atom stereocenters. The second-order valence-electron chi connectivity index (χ2n) is 3.97. The van der Waals surface area contributed by atoms with Crippen molar-refractivity contribution in [1.29, 1.82) is 0 Å². The molecule has 0 bridgehead atoms. The van der Waals surface area contributed by atoms with Crippen LogP contribution in [0.1, 0.15) is 39.0 Å². The summed E-state index contributed by atoms with van der Waals surface area (Å²) in [7, 11) is 0. The molecule has 0 spiro atoms. The van der Waals surface area contributed by atoms with Gasteiger partial charge in [0.25, 0.3) is 0 Å². The van der Waals surface area contributed by atoms with Crippen molar-refractivity contribution in [2.75, 3.05) is 0 Å². The van der Waals surface area contributed by atoms with E-state index in [0.717, 1.165) is 12.8 Å². The molecule has 1 aliphatic rings. The molecular formula is C8H19N3. The highest BCUT2D eigenvalue weighted by Crippen LogP contribution is 2.24. The van der Waals surface area contributed by atoms with Gasteiger partial charge in [-0.3, -0.25) is 11.3 Å². The molecule has 1 fully saturated rings. The Morgan fingerprint density at radius 1 is 1.45 bits per heavy atom. The average molecular weight is 157 g/mol. The van der Waals surface area contributed by atoms with Gasteiger partial charge in [0.05, 0.1) is 0 Å². The number of nitrogens with one attached hydrogen (secondary N) is 1. The second kappa shape index (κ2) is 3.52. The van der Waals surface area contributed by atoms with Crippen molar-refractivity contribution < 1.29 is 0 Å². The van der Waals surface area contributed by atoms with Crippen molar-refractivity contribution >= 4 is 0 Å². The number of rotatable bonds is 1. The van der Waals surface area contributed by atoms with E-state index in [1.165, 1.54) is 19.3 Å². The van der Waals surface area contributed by atoms with E-state index in [-0.39, 0.29) is 5.54 Å². The minimum Gasteiger partial charge on any atom is -0.325 e. The summed E-state index contributed by atoms with van der Waals surface area (Å²) in [5.74, 6) is 5.39. The summed E-state index contributed by atoms with van der Waals surface area (Å²) in [4.78, 5) is 0. The second-order valence-corrected chi connectivity index (χ2v) is 3.97. The third-order valence-electron chi connectivity index (χ3n) is 2.50. The van der Waals surface area contributed by atoms with Gasteiger partial charge in [-0.05, 0) is 26.2 Å². The van der Waals surface area contributed by atoms with E-state index in [1.54, 1.807) is 0 Å². The molecule has 11 heavy (non-hydrogen) atoms. The minimum absolute atomic E-state index is 0.00641. The zero-order chi connectivity index (χ0) is 8.32. The molecule has 0 aromatic heterocycles. The van der Waals surface area contributed by atoms with Crippen LogP contribution in [-0.2, 0) is 0 Å². The zero-order valence-corrected chi connectivity index (χ0v) is 7.27. The van der Waals surface area contributed by atoms with Crippen molar-refractivity contribution in [1.82, 2.24) is 5.43 Å². The minimum atomic E-state index is -0.00641. The van der Waals surface area contributed by atoms with E-state index >= 15 is 0 Å². The standard InChI is InChI=1S/C8H19N3/c1-8(9)5-3-2-4-7(6-8)11-10/h7,11H,2-6,9-10H2,1H3. The first-order chi connectivity index (χ1) is 5.14. The molecule has 0 amide bonds. The first-order valence-corrected chi connectivity index (χ1v) is 4.39. The van der Waals surface area contributed by atoms with Crippen LogP contribution in [0.5, 0.6) is 0 Å². The van der Waals surface area contributed by atoms with Crippen molar-refractivity contribution in [2.45, 2.75) is 50.6 Å². The van der Waals surface area contributed by atoms with E-state index in [2.05, 4.69) is 12.3 Å². The van der Waals surface area contributed by atoms with Crippen LogP contribution < -0.4 is 17.0 Å². The number of hydrazine groups is 1. The van der Waals surface area contributed by atoms with Crippen molar-refractivity contribution in [3.63, 3.8) is 0 Å². The van der Waals surface area contributed by atoms with Gasteiger partial charge in [-0.15, -0.1) is 0 Å². The molecular weight excluding hydrogens is 138 g/mol. The fourth-order valence-corrected chi connectivity index (χ4v) is 1.83. The largest absolute Gasteiger partial charge is 0.325 e. The maximum Gasteiger partial charge on any atom is 0.0227 e. The van der Waals surface area contributed by atoms with Crippen LogP contribution in [0, 0.1) is 0 Å². The molecule has 66 valence electrons. The van der Waals surface area contributed by atoms with E-state index in [1.807, 2.05) is 0 Å². The summed E-state index contributed by atoms with van der Waals surface area (Å²) in [6.07, 6.45) is 5.80. The van der Waals surface area contributed by atoms with Crippen LogP contribution in [0.25, 0.3) is 0 Å². The molecule has 0 radical (unpaired) electrons. The lowest BCUT2D eigenvalue weighted by Crippen LogP contribution is -2.44. The summed E-state index contributed by atoms with van der Waals surface area (Å²) in [5.41, 5.74) is 8.86. The third-order valence-corrected chi connectivity index (χ3v) is 2.50. The van der Waals surface area contributed by atoms with Gasteiger partial charge < -0.3 is 5.73 Å². The first-order valence-electron chi connectivity index (χ1n) is 4.39. The maximum absolute atomic E-state index is 6.05. The molecule has 3 nitrogen and oxygen atoms in total. The summed E-state index contributed by atoms with van der Waals surface area (Å²) < 4.78 is 0. The van der Waals surface area contributed by atoms with Gasteiger partial charge in [0.15, 0.2) is 0 Å². The normalized spacial score (nSPS) is 40.1. The summed E-state index contributed by atoms with van der Waals surface area (Å²) in [5, 5.41) is 0. The van der Waals surface area contributed by atoms with Gasteiger partial charge in [-0.2, -0.15) is 0 Å². The quantitative estimate of drug-likeness (QED) is 0.295. The van der Waals surface area contributed by atoms with Gasteiger partial charge in [-0.25, -0.2) is 0 Å². The van der Waals surface area contributed by atoms with Gasteiger partial charge in [-0.1, -0.05) is 12.8 Å². The molecule has 0 aromatic carbocycles. The van der Waals surface area contributed by atoms with Crippen molar-refractivity contribution in [3.05, 3.63) is 0 Å². The number of nitrogens with two attached hydrogens (primary N) is 2. The highest BCUT2D eigenvalue weighted by atomic mass is 15.2. The molecule has 0 aromatic rings. The van der Waals surface area contributed by atoms with E-state index in [9.17, 15) is 0 Å². The van der Waals surface area contributed by atoms with Gasteiger partial charge in [0, 0.05) is 11.6 Å².